The third-order valence-corrected chi connectivity index (χ3v) is 3.79. The minimum absolute atomic E-state index is 0.0286. The number of aromatic nitrogens is 4. The van der Waals surface area contributed by atoms with Gasteiger partial charge in [0, 0.05) is 18.3 Å². The predicted molar refractivity (Wildman–Crippen MR) is 76.8 cm³/mol. The monoisotopic (exact) mass is 297 g/mol. The van der Waals surface area contributed by atoms with Gasteiger partial charge in [0.2, 0.25) is 5.91 Å². The van der Waals surface area contributed by atoms with Crippen LogP contribution >= 0.6 is 23.6 Å². The summed E-state index contributed by atoms with van der Waals surface area (Å²) in [4.78, 5) is 15.9. The Morgan fingerprint density at radius 2 is 2.37 bits per heavy atom. The summed E-state index contributed by atoms with van der Waals surface area (Å²) in [5.41, 5.74) is 0.862. The van der Waals surface area contributed by atoms with Gasteiger partial charge in [0.1, 0.15) is 5.82 Å². The quantitative estimate of drug-likeness (QED) is 0.848. The molecule has 0 aliphatic rings. The number of thiazole rings is 1. The molecule has 0 saturated carbocycles. The number of rotatable bonds is 4. The fourth-order valence-electron chi connectivity index (χ4n) is 1.39. The van der Waals surface area contributed by atoms with Gasteiger partial charge in [0.25, 0.3) is 0 Å². The average molecular weight is 297 g/mol. The van der Waals surface area contributed by atoms with Crippen molar-refractivity contribution in [2.75, 3.05) is 5.32 Å². The molecule has 2 aromatic heterocycles. The number of carbonyl (C=O) groups excluding carboxylic acids is 1. The second kappa shape index (κ2) is 5.62. The van der Waals surface area contributed by atoms with Crippen LogP contribution in [0.5, 0.6) is 0 Å². The predicted octanol–water partition coefficient (Wildman–Crippen LogP) is 2.12. The summed E-state index contributed by atoms with van der Waals surface area (Å²) in [6.45, 7) is 3.69. The van der Waals surface area contributed by atoms with E-state index in [0.717, 1.165) is 11.5 Å². The van der Waals surface area contributed by atoms with Gasteiger partial charge in [0.05, 0.1) is 12.1 Å². The summed E-state index contributed by atoms with van der Waals surface area (Å²) >= 11 is 6.46. The van der Waals surface area contributed by atoms with Crippen molar-refractivity contribution >= 4 is 34.6 Å². The van der Waals surface area contributed by atoms with Crippen LogP contribution in [0.15, 0.2) is 5.38 Å². The van der Waals surface area contributed by atoms with Gasteiger partial charge in [-0.25, -0.2) is 4.98 Å². The molecule has 19 heavy (non-hydrogen) atoms. The molecule has 1 amide bonds. The van der Waals surface area contributed by atoms with Crippen LogP contribution < -0.4 is 5.32 Å². The zero-order chi connectivity index (χ0) is 14.0. The van der Waals surface area contributed by atoms with E-state index in [4.69, 9.17) is 12.2 Å². The first kappa shape index (κ1) is 13.9. The smallest absolute Gasteiger partial charge is 0.228 e. The maximum Gasteiger partial charge on any atom is 0.228 e. The van der Waals surface area contributed by atoms with Crippen LogP contribution in [-0.2, 0) is 18.3 Å². The van der Waals surface area contributed by atoms with Crippen LogP contribution in [0.2, 0.25) is 0 Å². The molecule has 2 heterocycles. The molecule has 0 aliphatic carbocycles. The molecule has 102 valence electrons. The van der Waals surface area contributed by atoms with Crippen LogP contribution in [0.1, 0.15) is 25.4 Å². The van der Waals surface area contributed by atoms with Crippen molar-refractivity contribution in [3.05, 3.63) is 21.7 Å². The third-order valence-electron chi connectivity index (χ3n) is 2.62. The largest absolute Gasteiger partial charge is 0.307 e. The van der Waals surface area contributed by atoms with E-state index in [0.29, 0.717) is 16.3 Å². The molecular weight excluding hydrogens is 282 g/mol. The molecule has 0 saturated heterocycles. The van der Waals surface area contributed by atoms with Gasteiger partial charge in [-0.1, -0.05) is 13.8 Å². The summed E-state index contributed by atoms with van der Waals surface area (Å²) in [5, 5.41) is 12.2. The maximum absolute atomic E-state index is 11.6. The number of carbonyl (C=O) groups is 1. The lowest BCUT2D eigenvalue weighted by molar-refractivity contribution is -0.118. The number of hydrogen-bond acceptors (Lipinski definition) is 5. The zero-order valence-electron chi connectivity index (χ0n) is 10.9. The standard InChI is InChI=1S/C11H15N5OS2/c1-6(2)9(17)13-10-12-7(5-19-10)4-8-14-15-11(18)16(8)3/h5-6H,4H2,1-3H3,(H,15,18)(H,12,13,17). The summed E-state index contributed by atoms with van der Waals surface area (Å²) in [7, 11) is 1.86. The average Bonchev–Trinajstić information content (AvgIpc) is 2.91. The SMILES string of the molecule is CC(C)C(=O)Nc1nc(Cc2n[nH]c(=S)n2C)cs1. The molecule has 2 N–H and O–H groups in total. The lowest BCUT2D eigenvalue weighted by atomic mass is 10.2. The number of anilines is 1. The van der Waals surface area contributed by atoms with Crippen molar-refractivity contribution in [3.8, 4) is 0 Å². The van der Waals surface area contributed by atoms with Crippen molar-refractivity contribution in [3.63, 3.8) is 0 Å². The first-order chi connectivity index (χ1) is 8.97. The number of H-pyrrole nitrogens is 1. The third kappa shape index (κ3) is 3.27. The number of aromatic amines is 1. The molecule has 0 unspecified atom stereocenters. The molecule has 0 atom stereocenters. The van der Waals surface area contributed by atoms with E-state index in [2.05, 4.69) is 20.5 Å². The fraction of sp³-hybridized carbons (Fsp3) is 0.455. The fourth-order valence-corrected chi connectivity index (χ4v) is 2.26. The Morgan fingerprint density at radius 1 is 1.63 bits per heavy atom. The second-order valence-electron chi connectivity index (χ2n) is 4.47. The number of hydrogen-bond donors (Lipinski definition) is 2. The van der Waals surface area contributed by atoms with Crippen LogP contribution in [-0.4, -0.2) is 25.7 Å². The van der Waals surface area contributed by atoms with Gasteiger partial charge in [-0.15, -0.1) is 11.3 Å². The molecule has 2 aromatic rings. The Bertz CT molecular complexity index is 640. The van der Waals surface area contributed by atoms with Crippen molar-refractivity contribution < 1.29 is 4.79 Å². The lowest BCUT2D eigenvalue weighted by Gasteiger charge is -2.03. The van der Waals surface area contributed by atoms with Gasteiger partial charge in [-0.3, -0.25) is 9.89 Å². The normalized spacial score (nSPS) is 10.9. The molecule has 0 fully saturated rings. The molecular formula is C11H15N5OS2. The lowest BCUT2D eigenvalue weighted by Crippen LogP contribution is -2.17. The Kier molecular flexibility index (Phi) is 4.11. The highest BCUT2D eigenvalue weighted by Crippen LogP contribution is 2.18. The van der Waals surface area contributed by atoms with E-state index < -0.39 is 0 Å². The van der Waals surface area contributed by atoms with Crippen LogP contribution in [0.4, 0.5) is 5.13 Å². The summed E-state index contributed by atoms with van der Waals surface area (Å²) in [6, 6.07) is 0. The number of amides is 1. The van der Waals surface area contributed by atoms with Gasteiger partial charge in [-0.2, -0.15) is 5.10 Å². The van der Waals surface area contributed by atoms with E-state index in [-0.39, 0.29) is 11.8 Å². The first-order valence-corrected chi connectivity index (χ1v) is 7.11. The topological polar surface area (TPSA) is 75.6 Å². The van der Waals surface area contributed by atoms with Crippen LogP contribution in [0, 0.1) is 10.7 Å². The first-order valence-electron chi connectivity index (χ1n) is 5.83. The Morgan fingerprint density at radius 3 is 2.95 bits per heavy atom. The van der Waals surface area contributed by atoms with Crippen LogP contribution in [0.3, 0.4) is 0 Å². The summed E-state index contributed by atoms with van der Waals surface area (Å²) in [5.74, 6) is 0.732. The highest BCUT2D eigenvalue weighted by atomic mass is 32.1. The molecule has 0 aromatic carbocycles. The van der Waals surface area contributed by atoms with Gasteiger partial charge in [-0.05, 0) is 12.2 Å². The molecule has 8 heteroatoms. The van der Waals surface area contributed by atoms with Gasteiger partial charge < -0.3 is 9.88 Å². The van der Waals surface area contributed by atoms with E-state index >= 15 is 0 Å². The Balaban J connectivity index is 2.07. The van der Waals surface area contributed by atoms with Crippen molar-refractivity contribution in [1.82, 2.24) is 19.7 Å². The highest BCUT2D eigenvalue weighted by molar-refractivity contribution is 7.71. The molecule has 0 aliphatic heterocycles. The molecule has 0 bridgehead atoms. The van der Waals surface area contributed by atoms with E-state index in [1.165, 1.54) is 11.3 Å². The Labute approximate surface area is 119 Å². The summed E-state index contributed by atoms with van der Waals surface area (Å²) < 4.78 is 2.39. The van der Waals surface area contributed by atoms with E-state index in [9.17, 15) is 4.79 Å². The minimum Gasteiger partial charge on any atom is -0.307 e. The van der Waals surface area contributed by atoms with Gasteiger partial charge in [0.15, 0.2) is 9.90 Å². The number of nitrogens with one attached hydrogen (secondary N) is 2. The van der Waals surface area contributed by atoms with Gasteiger partial charge >= 0.3 is 0 Å². The van der Waals surface area contributed by atoms with E-state index in [1.807, 2.05) is 26.3 Å². The van der Waals surface area contributed by atoms with Crippen LogP contribution in [0.25, 0.3) is 0 Å². The number of nitrogens with zero attached hydrogens (tertiary/aromatic N) is 3. The molecule has 0 spiro atoms. The highest BCUT2D eigenvalue weighted by Gasteiger charge is 2.11. The minimum atomic E-state index is -0.0562. The van der Waals surface area contributed by atoms with E-state index in [1.54, 1.807) is 4.57 Å². The maximum atomic E-state index is 11.6. The van der Waals surface area contributed by atoms with Crippen molar-refractivity contribution in [2.24, 2.45) is 13.0 Å². The molecule has 6 nitrogen and oxygen atoms in total. The van der Waals surface area contributed by atoms with Crippen molar-refractivity contribution in [1.29, 1.82) is 0 Å². The van der Waals surface area contributed by atoms with Crippen molar-refractivity contribution in [2.45, 2.75) is 20.3 Å². The second-order valence-corrected chi connectivity index (χ2v) is 5.71. The zero-order valence-corrected chi connectivity index (χ0v) is 12.6. The molecule has 0 radical (unpaired) electrons. The molecule has 2 rings (SSSR count). The Hall–Kier alpha value is -1.54. The summed E-state index contributed by atoms with van der Waals surface area (Å²) in [6.07, 6.45) is 0.581.